The average molecular weight is 498 g/mol. The Morgan fingerprint density at radius 2 is 1.70 bits per heavy atom. The minimum absolute atomic E-state index is 0.0270. The molecule has 2 aromatic heterocycles. The first-order chi connectivity index (χ1) is 17.9. The van der Waals surface area contributed by atoms with Gasteiger partial charge in [0.2, 0.25) is 11.8 Å². The molecule has 188 valence electrons. The Bertz CT molecular complexity index is 1470. The van der Waals surface area contributed by atoms with E-state index in [1.54, 1.807) is 17.0 Å². The third-order valence-electron chi connectivity index (χ3n) is 6.98. The number of hydrogen-bond acceptors (Lipinski definition) is 5. The lowest BCUT2D eigenvalue weighted by atomic mass is 9.96. The van der Waals surface area contributed by atoms with E-state index < -0.39 is 4.92 Å². The number of carbonyl (C=O) groups excluding carboxylic acids is 2. The number of fused-ring (bicyclic) bond motifs is 1. The van der Waals surface area contributed by atoms with Gasteiger partial charge in [-0.3, -0.25) is 19.7 Å². The van der Waals surface area contributed by atoms with Crippen LogP contribution in [0, 0.1) is 16.0 Å². The van der Waals surface area contributed by atoms with Crippen molar-refractivity contribution in [1.82, 2.24) is 14.3 Å². The van der Waals surface area contributed by atoms with Gasteiger partial charge in [-0.25, -0.2) is 4.98 Å². The Morgan fingerprint density at radius 3 is 2.41 bits per heavy atom. The topological polar surface area (TPSA) is 124 Å². The number of carbonyl (C=O) groups is 2. The van der Waals surface area contributed by atoms with Crippen molar-refractivity contribution < 1.29 is 14.5 Å². The van der Waals surface area contributed by atoms with Crippen LogP contribution < -0.4 is 5.73 Å². The van der Waals surface area contributed by atoms with Gasteiger partial charge in [0.25, 0.3) is 5.69 Å². The van der Waals surface area contributed by atoms with Crippen LogP contribution in [0.3, 0.4) is 0 Å². The van der Waals surface area contributed by atoms with Crippen molar-refractivity contribution >= 4 is 23.1 Å². The predicted octanol–water partition coefficient (Wildman–Crippen LogP) is 4.23. The molecule has 0 atom stereocenters. The Hall–Kier alpha value is -4.53. The van der Waals surface area contributed by atoms with E-state index >= 15 is 0 Å². The zero-order valence-corrected chi connectivity index (χ0v) is 20.2. The van der Waals surface area contributed by atoms with Crippen LogP contribution in [-0.2, 0) is 16.0 Å². The summed E-state index contributed by atoms with van der Waals surface area (Å²) >= 11 is 0. The Morgan fingerprint density at radius 1 is 0.973 bits per heavy atom. The number of primary amides is 1. The molecule has 0 bridgehead atoms. The van der Waals surface area contributed by atoms with Crippen molar-refractivity contribution in [3.63, 3.8) is 0 Å². The number of aryl methyl sites for hydroxylation is 1. The molecule has 0 spiro atoms. The van der Waals surface area contributed by atoms with E-state index in [1.165, 1.54) is 6.07 Å². The van der Waals surface area contributed by atoms with Crippen molar-refractivity contribution in [3.05, 3.63) is 88.7 Å². The number of amides is 2. The summed E-state index contributed by atoms with van der Waals surface area (Å²) in [6, 6.07) is 20.1. The maximum Gasteiger partial charge on any atom is 0.270 e. The van der Waals surface area contributed by atoms with Crippen molar-refractivity contribution in [2.75, 3.05) is 13.1 Å². The van der Waals surface area contributed by atoms with Crippen LogP contribution in [0.15, 0.2) is 72.9 Å². The minimum Gasteiger partial charge on any atom is -0.369 e. The number of non-ortho nitro benzene ring substituents is 1. The number of benzene rings is 2. The molecule has 1 fully saturated rings. The van der Waals surface area contributed by atoms with Crippen LogP contribution in [-0.4, -0.2) is 44.1 Å². The number of piperidine rings is 1. The monoisotopic (exact) mass is 497 g/mol. The molecule has 0 aliphatic carbocycles. The highest BCUT2D eigenvalue weighted by atomic mass is 16.6. The first kappa shape index (κ1) is 24.2. The van der Waals surface area contributed by atoms with E-state index in [9.17, 15) is 19.7 Å². The van der Waals surface area contributed by atoms with E-state index in [1.807, 2.05) is 59.1 Å². The molecule has 0 unspecified atom stereocenters. The second kappa shape index (κ2) is 10.2. The lowest BCUT2D eigenvalue weighted by molar-refractivity contribution is -0.384. The number of nitro groups is 1. The lowest BCUT2D eigenvalue weighted by Crippen LogP contribution is -2.41. The van der Waals surface area contributed by atoms with Crippen molar-refractivity contribution in [3.8, 4) is 22.4 Å². The largest absolute Gasteiger partial charge is 0.369 e. The van der Waals surface area contributed by atoms with Crippen molar-refractivity contribution in [2.24, 2.45) is 11.7 Å². The predicted molar refractivity (Wildman–Crippen MR) is 140 cm³/mol. The zero-order valence-electron chi connectivity index (χ0n) is 20.2. The molecule has 5 rings (SSSR count). The van der Waals surface area contributed by atoms with E-state index in [2.05, 4.69) is 0 Å². The molecule has 1 saturated heterocycles. The molecule has 1 aliphatic heterocycles. The van der Waals surface area contributed by atoms with Gasteiger partial charge in [0, 0.05) is 49.3 Å². The van der Waals surface area contributed by atoms with Crippen LogP contribution in [0.5, 0.6) is 0 Å². The highest BCUT2D eigenvalue weighted by Crippen LogP contribution is 2.30. The number of likely N-dealkylation sites (tertiary alicyclic amines) is 1. The van der Waals surface area contributed by atoms with Gasteiger partial charge in [-0.15, -0.1) is 0 Å². The Labute approximate surface area is 213 Å². The van der Waals surface area contributed by atoms with Crippen LogP contribution in [0.25, 0.3) is 28.0 Å². The fourth-order valence-electron chi connectivity index (χ4n) is 4.93. The molecule has 4 aromatic rings. The molecule has 0 saturated carbocycles. The molecule has 37 heavy (non-hydrogen) atoms. The number of imidazole rings is 1. The zero-order chi connectivity index (χ0) is 25.9. The number of nitrogens with two attached hydrogens (primary N) is 1. The maximum absolute atomic E-state index is 13.1. The normalized spacial score (nSPS) is 14.1. The summed E-state index contributed by atoms with van der Waals surface area (Å²) in [5.74, 6) is -0.434. The van der Waals surface area contributed by atoms with Crippen molar-refractivity contribution in [2.45, 2.75) is 25.7 Å². The molecule has 3 heterocycles. The molecular formula is C28H27N5O4. The van der Waals surface area contributed by atoms with Crippen LogP contribution >= 0.6 is 0 Å². The average Bonchev–Trinajstić information content (AvgIpc) is 3.30. The smallest absolute Gasteiger partial charge is 0.270 e. The molecule has 1 aliphatic rings. The fraction of sp³-hybridized carbons (Fsp3) is 0.250. The second-order valence-electron chi connectivity index (χ2n) is 9.28. The number of rotatable bonds is 7. The summed E-state index contributed by atoms with van der Waals surface area (Å²) in [6.07, 6.45) is 3.89. The summed E-state index contributed by atoms with van der Waals surface area (Å²) in [5, 5.41) is 11.3. The summed E-state index contributed by atoms with van der Waals surface area (Å²) in [5.41, 5.74) is 10.4. The van der Waals surface area contributed by atoms with Gasteiger partial charge in [0.05, 0.1) is 16.3 Å². The molecular weight excluding hydrogens is 470 g/mol. The summed E-state index contributed by atoms with van der Waals surface area (Å²) in [6.45, 7) is 1.06. The quantitative estimate of drug-likeness (QED) is 0.302. The van der Waals surface area contributed by atoms with Crippen LogP contribution in [0.4, 0.5) is 5.69 Å². The maximum atomic E-state index is 13.1. The van der Waals surface area contributed by atoms with Gasteiger partial charge in [-0.05, 0) is 42.5 Å². The number of nitrogens with zero attached hydrogens (tertiary/aromatic N) is 4. The van der Waals surface area contributed by atoms with E-state index in [0.717, 1.165) is 33.7 Å². The number of nitro benzene ring substituents is 1. The Balaban J connectivity index is 1.47. The number of aromatic nitrogens is 2. The molecule has 2 amide bonds. The van der Waals surface area contributed by atoms with Gasteiger partial charge in [0.1, 0.15) is 5.65 Å². The second-order valence-corrected chi connectivity index (χ2v) is 9.28. The first-order valence-corrected chi connectivity index (χ1v) is 12.3. The van der Waals surface area contributed by atoms with Gasteiger partial charge in [0.15, 0.2) is 0 Å². The standard InChI is InChI=1S/C28H27N5O4/c29-28(35)20-13-15-31(16-14-20)26(34)12-10-24-27(19-5-2-1-3-6-19)30-25-11-9-22(18-32(24)25)21-7-4-8-23(17-21)33(36)37/h1-9,11,17-18,20H,10,12-16H2,(H2,29,35). The molecule has 2 N–H and O–H groups in total. The molecule has 9 nitrogen and oxygen atoms in total. The molecule has 9 heteroatoms. The third kappa shape index (κ3) is 5.06. The number of pyridine rings is 1. The van der Waals surface area contributed by atoms with Crippen molar-refractivity contribution in [1.29, 1.82) is 0 Å². The van der Waals surface area contributed by atoms with Gasteiger partial charge in [-0.1, -0.05) is 42.5 Å². The Kier molecular flexibility index (Phi) is 6.68. The van der Waals surface area contributed by atoms with E-state index in [4.69, 9.17) is 10.7 Å². The summed E-state index contributed by atoms with van der Waals surface area (Å²) in [7, 11) is 0. The summed E-state index contributed by atoms with van der Waals surface area (Å²) in [4.78, 5) is 42.1. The van der Waals surface area contributed by atoms with Crippen LogP contribution in [0.2, 0.25) is 0 Å². The lowest BCUT2D eigenvalue weighted by Gasteiger charge is -2.30. The van der Waals surface area contributed by atoms with Crippen LogP contribution in [0.1, 0.15) is 25.0 Å². The first-order valence-electron chi connectivity index (χ1n) is 12.3. The highest BCUT2D eigenvalue weighted by molar-refractivity contribution is 5.79. The summed E-state index contributed by atoms with van der Waals surface area (Å²) < 4.78 is 1.98. The molecule has 0 radical (unpaired) electrons. The van der Waals surface area contributed by atoms with E-state index in [0.29, 0.717) is 38.8 Å². The molecule has 2 aromatic carbocycles. The highest BCUT2D eigenvalue weighted by Gasteiger charge is 2.26. The minimum atomic E-state index is -0.407. The number of hydrogen-bond donors (Lipinski definition) is 1. The van der Waals surface area contributed by atoms with E-state index in [-0.39, 0.29) is 23.4 Å². The fourth-order valence-corrected chi connectivity index (χ4v) is 4.93. The third-order valence-corrected chi connectivity index (χ3v) is 6.98. The van der Waals surface area contributed by atoms with Gasteiger partial charge in [-0.2, -0.15) is 0 Å². The SMILES string of the molecule is NC(=O)C1CCN(C(=O)CCc2c(-c3ccccc3)nc3ccc(-c4cccc([N+](=O)[O-])c4)cn23)CC1. The van der Waals surface area contributed by atoms with Gasteiger partial charge >= 0.3 is 0 Å². The van der Waals surface area contributed by atoms with Gasteiger partial charge < -0.3 is 15.0 Å².